The van der Waals surface area contributed by atoms with E-state index in [9.17, 15) is 9.90 Å². The minimum atomic E-state index is -0.622. The molecule has 2 aromatic rings. The van der Waals surface area contributed by atoms with Gasteiger partial charge in [-0.25, -0.2) is 0 Å². The van der Waals surface area contributed by atoms with E-state index < -0.39 is 12.2 Å². The van der Waals surface area contributed by atoms with Crippen LogP contribution in [0.1, 0.15) is 28.8 Å². The van der Waals surface area contributed by atoms with Crippen LogP contribution in [-0.2, 0) is 11.2 Å². The summed E-state index contributed by atoms with van der Waals surface area (Å²) < 4.78 is 5.90. The van der Waals surface area contributed by atoms with Gasteiger partial charge in [0.15, 0.2) is 5.78 Å². The molecule has 0 saturated heterocycles. The molecule has 0 heterocycles. The van der Waals surface area contributed by atoms with Crippen LogP contribution in [0.2, 0.25) is 0 Å². The number of Topliss-reactive ketones (excluding diaryl/α,β-unsaturated/α-hetero) is 1. The zero-order valence-electron chi connectivity index (χ0n) is 17.1. The number of rotatable bonds is 11. The first-order valence-corrected chi connectivity index (χ1v) is 9.91. The van der Waals surface area contributed by atoms with Gasteiger partial charge in [-0.2, -0.15) is 0 Å². The fourth-order valence-electron chi connectivity index (χ4n) is 3.04. The van der Waals surface area contributed by atoms with Crippen molar-refractivity contribution < 1.29 is 14.6 Å². The molecule has 2 N–H and O–H groups in total. The molecule has 1 aliphatic rings. The average molecular weight is 419 g/mol. The molecule has 2 atom stereocenters. The maximum atomic E-state index is 13.0. The van der Waals surface area contributed by atoms with Crippen LogP contribution < -0.4 is 10.2 Å². The SMILES string of the molecule is CN(C)c1ccc(CC(OCC(O)CNC2CC2)C(=O)c2ccccc2)cc1.Cl. The monoisotopic (exact) mass is 418 g/mol. The van der Waals surface area contributed by atoms with Gasteiger partial charge in [-0.3, -0.25) is 4.79 Å². The van der Waals surface area contributed by atoms with E-state index in [4.69, 9.17) is 4.74 Å². The lowest BCUT2D eigenvalue weighted by Gasteiger charge is -2.20. The van der Waals surface area contributed by atoms with E-state index in [2.05, 4.69) is 5.32 Å². The number of halogens is 1. The number of aliphatic hydroxyl groups excluding tert-OH is 1. The number of nitrogens with one attached hydrogen (secondary N) is 1. The Morgan fingerprint density at radius 1 is 1.14 bits per heavy atom. The van der Waals surface area contributed by atoms with E-state index in [0.29, 0.717) is 24.6 Å². The van der Waals surface area contributed by atoms with E-state index in [1.807, 2.05) is 61.5 Å². The quantitative estimate of drug-likeness (QED) is 0.549. The Kier molecular flexibility index (Phi) is 9.11. The number of nitrogens with zero attached hydrogens (tertiary/aromatic N) is 1. The Morgan fingerprint density at radius 3 is 2.38 bits per heavy atom. The molecule has 29 heavy (non-hydrogen) atoms. The van der Waals surface area contributed by atoms with Crippen LogP contribution >= 0.6 is 12.4 Å². The van der Waals surface area contributed by atoms with Gasteiger partial charge in [-0.05, 0) is 30.5 Å². The molecule has 0 bridgehead atoms. The lowest BCUT2D eigenvalue weighted by Crippen LogP contribution is -2.35. The molecule has 3 rings (SSSR count). The first-order valence-electron chi connectivity index (χ1n) is 9.91. The molecular formula is C23H31ClN2O3. The van der Waals surface area contributed by atoms with Crippen LogP contribution in [0.3, 0.4) is 0 Å². The second kappa shape index (κ2) is 11.3. The van der Waals surface area contributed by atoms with Gasteiger partial charge in [0.05, 0.1) is 12.7 Å². The predicted molar refractivity (Wildman–Crippen MR) is 119 cm³/mol. The molecule has 1 aliphatic carbocycles. The second-order valence-electron chi connectivity index (χ2n) is 7.65. The summed E-state index contributed by atoms with van der Waals surface area (Å²) in [6.07, 6.45) is 1.58. The third kappa shape index (κ3) is 7.44. The highest BCUT2D eigenvalue weighted by Gasteiger charge is 2.24. The minimum Gasteiger partial charge on any atom is -0.389 e. The predicted octanol–water partition coefficient (Wildman–Crippen LogP) is 3.10. The summed E-state index contributed by atoms with van der Waals surface area (Å²) in [5.74, 6) is -0.0559. The number of hydrogen-bond acceptors (Lipinski definition) is 5. The lowest BCUT2D eigenvalue weighted by molar-refractivity contribution is -0.00178. The van der Waals surface area contributed by atoms with E-state index in [1.54, 1.807) is 12.1 Å². The van der Waals surface area contributed by atoms with Crippen LogP contribution in [-0.4, -0.2) is 56.4 Å². The summed E-state index contributed by atoms with van der Waals surface area (Å²) in [6.45, 7) is 0.632. The van der Waals surface area contributed by atoms with Crippen LogP contribution in [0.25, 0.3) is 0 Å². The number of ether oxygens (including phenoxy) is 1. The number of hydrogen-bond donors (Lipinski definition) is 2. The van der Waals surface area contributed by atoms with Crippen LogP contribution in [0, 0.1) is 0 Å². The Balaban J connectivity index is 0.00000300. The lowest BCUT2D eigenvalue weighted by atomic mass is 9.99. The molecule has 2 aromatic carbocycles. The topological polar surface area (TPSA) is 61.8 Å². The maximum absolute atomic E-state index is 13.0. The molecule has 5 nitrogen and oxygen atoms in total. The van der Waals surface area contributed by atoms with Gasteiger partial charge in [0.2, 0.25) is 0 Å². The number of carbonyl (C=O) groups excluding carboxylic acids is 1. The Morgan fingerprint density at radius 2 is 1.79 bits per heavy atom. The molecule has 0 aromatic heterocycles. The van der Waals surface area contributed by atoms with E-state index >= 15 is 0 Å². The standard InChI is InChI=1S/C23H30N2O3.ClH/c1-25(2)20-12-8-17(9-13-20)14-22(23(27)18-6-4-3-5-7-18)28-16-21(26)15-24-19-10-11-19;/h3-9,12-13,19,21-22,24,26H,10-11,14-16H2,1-2H3;1H. The van der Waals surface area contributed by atoms with Gasteiger partial charge in [-0.1, -0.05) is 42.5 Å². The summed E-state index contributed by atoms with van der Waals surface area (Å²) in [4.78, 5) is 15.0. The van der Waals surface area contributed by atoms with Crippen molar-refractivity contribution in [3.63, 3.8) is 0 Å². The molecule has 2 unspecified atom stereocenters. The van der Waals surface area contributed by atoms with Crippen LogP contribution in [0.5, 0.6) is 0 Å². The molecular weight excluding hydrogens is 388 g/mol. The number of benzene rings is 2. The zero-order chi connectivity index (χ0) is 19.9. The van der Waals surface area contributed by atoms with Gasteiger partial charge < -0.3 is 20.1 Å². The number of anilines is 1. The van der Waals surface area contributed by atoms with Crippen LogP contribution in [0.15, 0.2) is 54.6 Å². The third-order valence-electron chi connectivity index (χ3n) is 4.93. The van der Waals surface area contributed by atoms with E-state index in [-0.39, 0.29) is 24.8 Å². The Hall–Kier alpha value is -1.92. The molecule has 0 amide bonds. The minimum absolute atomic E-state index is 0. The number of aliphatic hydroxyl groups is 1. The second-order valence-corrected chi connectivity index (χ2v) is 7.65. The first-order chi connectivity index (χ1) is 13.5. The highest BCUT2D eigenvalue weighted by atomic mass is 35.5. The third-order valence-corrected chi connectivity index (χ3v) is 4.93. The van der Waals surface area contributed by atoms with E-state index in [0.717, 1.165) is 11.3 Å². The maximum Gasteiger partial charge on any atom is 0.191 e. The molecule has 0 aliphatic heterocycles. The van der Waals surface area contributed by atoms with Crippen molar-refractivity contribution in [2.75, 3.05) is 32.1 Å². The first kappa shape index (κ1) is 23.4. The molecule has 158 valence electrons. The highest BCUT2D eigenvalue weighted by Crippen LogP contribution is 2.19. The van der Waals surface area contributed by atoms with Gasteiger partial charge in [0.1, 0.15) is 6.10 Å². The fourth-order valence-corrected chi connectivity index (χ4v) is 3.04. The van der Waals surface area contributed by atoms with Gasteiger partial charge >= 0.3 is 0 Å². The van der Waals surface area contributed by atoms with Crippen molar-refractivity contribution in [3.05, 3.63) is 65.7 Å². The van der Waals surface area contributed by atoms with E-state index in [1.165, 1.54) is 12.8 Å². The Bertz CT molecular complexity index is 748. The van der Waals surface area contributed by atoms with Crippen molar-refractivity contribution in [1.82, 2.24) is 5.32 Å². The van der Waals surface area contributed by atoms with Crippen molar-refractivity contribution in [2.45, 2.75) is 37.5 Å². The number of ketones is 1. The largest absolute Gasteiger partial charge is 0.389 e. The summed E-state index contributed by atoms with van der Waals surface area (Å²) in [5, 5.41) is 13.5. The molecule has 0 radical (unpaired) electrons. The normalized spacial score (nSPS) is 15.3. The molecule has 1 saturated carbocycles. The summed E-state index contributed by atoms with van der Waals surface area (Å²) >= 11 is 0. The number of carbonyl (C=O) groups is 1. The van der Waals surface area contributed by atoms with Crippen molar-refractivity contribution >= 4 is 23.9 Å². The van der Waals surface area contributed by atoms with Crippen molar-refractivity contribution in [2.24, 2.45) is 0 Å². The Labute approximate surface area is 179 Å². The van der Waals surface area contributed by atoms with Gasteiger partial charge in [0, 0.05) is 44.4 Å². The highest BCUT2D eigenvalue weighted by molar-refractivity contribution is 5.99. The molecule has 6 heteroatoms. The van der Waals surface area contributed by atoms with Crippen molar-refractivity contribution in [3.8, 4) is 0 Å². The van der Waals surface area contributed by atoms with Crippen molar-refractivity contribution in [1.29, 1.82) is 0 Å². The fraction of sp³-hybridized carbons (Fsp3) is 0.435. The summed E-state index contributed by atoms with van der Waals surface area (Å²) in [5.41, 5.74) is 2.77. The van der Waals surface area contributed by atoms with Gasteiger partial charge in [0.25, 0.3) is 0 Å². The molecule has 1 fully saturated rings. The summed E-state index contributed by atoms with van der Waals surface area (Å²) in [6, 6.07) is 17.9. The molecule has 0 spiro atoms. The average Bonchev–Trinajstić information content (AvgIpc) is 3.54. The zero-order valence-corrected chi connectivity index (χ0v) is 17.9. The summed E-state index contributed by atoms with van der Waals surface area (Å²) in [7, 11) is 3.99. The van der Waals surface area contributed by atoms with Crippen LogP contribution in [0.4, 0.5) is 5.69 Å². The van der Waals surface area contributed by atoms with Gasteiger partial charge in [-0.15, -0.1) is 12.4 Å². The smallest absolute Gasteiger partial charge is 0.191 e.